The number of carbonyl (C=O) groups is 1. The fraction of sp³-hybridized carbons (Fsp3) is 0.111. The first-order chi connectivity index (χ1) is 12.6. The average Bonchev–Trinajstić information content (AvgIpc) is 2.67. The van der Waals surface area contributed by atoms with Gasteiger partial charge in [0.2, 0.25) is 5.16 Å². The van der Waals surface area contributed by atoms with Gasteiger partial charge in [-0.3, -0.25) is 9.78 Å². The molecule has 0 bridgehead atoms. The fourth-order valence-electron chi connectivity index (χ4n) is 3.01. The molecule has 0 radical (unpaired) electrons. The second-order valence-electron chi connectivity index (χ2n) is 5.78. The Balaban J connectivity index is 1.92. The Kier molecular flexibility index (Phi) is 3.96. The van der Waals surface area contributed by atoms with Gasteiger partial charge >= 0.3 is 17.2 Å². The second-order valence-corrected chi connectivity index (χ2v) is 6.57. The number of H-pyrrole nitrogens is 1. The smallest absolute Gasteiger partial charge is 0.335 e. The van der Waals surface area contributed by atoms with Crippen molar-refractivity contribution >= 4 is 23.4 Å². The number of nitrogens with zero attached hydrogens (tertiary/aromatic N) is 2. The van der Waals surface area contributed by atoms with Crippen LogP contribution in [0.2, 0.25) is 0 Å². The molecular formula is C18H15N4O3S+. The van der Waals surface area contributed by atoms with Crippen LogP contribution in [0.5, 0.6) is 0 Å². The van der Waals surface area contributed by atoms with Crippen molar-refractivity contribution in [2.75, 3.05) is 11.6 Å². The van der Waals surface area contributed by atoms with Crippen LogP contribution in [0.4, 0.5) is 5.69 Å². The van der Waals surface area contributed by atoms with Crippen molar-refractivity contribution in [2.24, 2.45) is 0 Å². The van der Waals surface area contributed by atoms with Crippen LogP contribution in [0.1, 0.15) is 22.1 Å². The number of thioether (sulfide) groups is 1. The zero-order valence-corrected chi connectivity index (χ0v) is 14.6. The molecule has 1 aromatic heterocycles. The van der Waals surface area contributed by atoms with Gasteiger partial charge in [-0.25, -0.2) is 4.79 Å². The summed E-state index contributed by atoms with van der Waals surface area (Å²) in [6.07, 6.45) is 1.42. The van der Waals surface area contributed by atoms with Gasteiger partial charge in [-0.2, -0.15) is 0 Å². The van der Waals surface area contributed by atoms with Gasteiger partial charge in [0.25, 0.3) is 6.17 Å². The zero-order valence-electron chi connectivity index (χ0n) is 13.8. The first kappa shape index (κ1) is 16.3. The highest BCUT2D eigenvalue weighted by Gasteiger charge is 2.37. The minimum Gasteiger partial charge on any atom is -0.478 e. The van der Waals surface area contributed by atoms with Crippen LogP contribution in [-0.2, 0) is 0 Å². The molecule has 8 heteroatoms. The maximum atomic E-state index is 12.7. The van der Waals surface area contributed by atoms with Crippen LogP contribution in [0, 0.1) is 0 Å². The molecule has 2 heterocycles. The topological polar surface area (TPSA) is 99.0 Å². The van der Waals surface area contributed by atoms with Crippen molar-refractivity contribution in [3.63, 3.8) is 0 Å². The first-order valence-electron chi connectivity index (χ1n) is 7.88. The molecule has 7 nitrogen and oxygen atoms in total. The number of carboxylic acid groups (broad SMARTS) is 1. The number of aromatic nitrogens is 3. The van der Waals surface area contributed by atoms with Gasteiger partial charge in [0.1, 0.15) is 0 Å². The van der Waals surface area contributed by atoms with Gasteiger partial charge in [-0.05, 0) is 47.3 Å². The largest absolute Gasteiger partial charge is 0.478 e. The number of fused-ring (bicyclic) bond motifs is 3. The van der Waals surface area contributed by atoms with Gasteiger partial charge in [0.05, 0.1) is 16.8 Å². The maximum absolute atomic E-state index is 12.7. The molecule has 4 rings (SSSR count). The van der Waals surface area contributed by atoms with Crippen molar-refractivity contribution in [1.82, 2.24) is 10.1 Å². The van der Waals surface area contributed by atoms with E-state index in [4.69, 9.17) is 5.11 Å². The summed E-state index contributed by atoms with van der Waals surface area (Å²) in [5, 5.41) is 17.5. The molecule has 3 N–H and O–H groups in total. The minimum absolute atomic E-state index is 0.207. The number of rotatable bonds is 3. The quantitative estimate of drug-likeness (QED) is 0.484. The Hall–Kier alpha value is -3.13. The Morgan fingerprint density at radius 3 is 2.62 bits per heavy atom. The Labute approximate surface area is 152 Å². The third-order valence-electron chi connectivity index (χ3n) is 4.25. The van der Waals surface area contributed by atoms with Crippen LogP contribution < -0.4 is 15.6 Å². The lowest BCUT2D eigenvalue weighted by atomic mass is 10.0. The lowest BCUT2D eigenvalue weighted by Gasteiger charge is -2.22. The Morgan fingerprint density at radius 2 is 1.92 bits per heavy atom. The van der Waals surface area contributed by atoms with Crippen LogP contribution >= 0.6 is 11.8 Å². The molecule has 26 heavy (non-hydrogen) atoms. The van der Waals surface area contributed by atoms with E-state index in [0.717, 1.165) is 16.8 Å². The Bertz CT molecular complexity index is 1060. The van der Waals surface area contributed by atoms with Crippen LogP contribution in [0.15, 0.2) is 58.5 Å². The molecule has 3 aromatic rings. The van der Waals surface area contributed by atoms with Gasteiger partial charge in [-0.15, -0.1) is 0 Å². The molecule has 1 atom stereocenters. The van der Waals surface area contributed by atoms with E-state index in [1.54, 1.807) is 28.9 Å². The molecule has 2 aromatic carbocycles. The number of benzene rings is 2. The lowest BCUT2D eigenvalue weighted by Crippen LogP contribution is -2.55. The van der Waals surface area contributed by atoms with E-state index in [1.165, 1.54) is 11.8 Å². The normalized spacial score (nSPS) is 14.9. The van der Waals surface area contributed by atoms with Crippen molar-refractivity contribution in [2.45, 2.75) is 11.3 Å². The lowest BCUT2D eigenvalue weighted by molar-refractivity contribution is -0.759. The standard InChI is InChI=1S/C18H14N4O3S/c1-26-18-20-16(23)14-12-4-2-3-5-13(12)19-15(22(14)21-18)10-6-8-11(9-7-10)17(24)25/h2-9,15H,1H3,(H2,20,21,23,24,25)/p+1/t15-/m0/s1. The molecule has 130 valence electrons. The van der Waals surface area contributed by atoms with Gasteiger partial charge in [-0.1, -0.05) is 23.9 Å². The summed E-state index contributed by atoms with van der Waals surface area (Å²) in [4.78, 5) is 26.6. The predicted molar refractivity (Wildman–Crippen MR) is 97.4 cm³/mol. The average molecular weight is 367 g/mol. The fourth-order valence-corrected chi connectivity index (χ4v) is 3.38. The number of carboxylic acids is 1. The van der Waals surface area contributed by atoms with Crippen LogP contribution in [0.3, 0.4) is 0 Å². The van der Waals surface area contributed by atoms with E-state index < -0.39 is 12.1 Å². The van der Waals surface area contributed by atoms with E-state index in [1.807, 2.05) is 30.5 Å². The third-order valence-corrected chi connectivity index (χ3v) is 4.82. The van der Waals surface area contributed by atoms with Crippen molar-refractivity contribution in [3.05, 3.63) is 70.0 Å². The molecule has 1 aliphatic heterocycles. The minimum atomic E-state index is -0.981. The third kappa shape index (κ3) is 2.64. The number of hydrogen-bond donors (Lipinski definition) is 3. The number of anilines is 1. The number of aromatic amines is 1. The molecule has 0 spiro atoms. The van der Waals surface area contributed by atoms with Gasteiger partial charge in [0, 0.05) is 10.7 Å². The number of aromatic carboxylic acids is 1. The highest BCUT2D eigenvalue weighted by atomic mass is 32.2. The van der Waals surface area contributed by atoms with E-state index >= 15 is 0 Å². The molecule has 0 saturated carbocycles. The molecule has 0 unspecified atom stereocenters. The zero-order chi connectivity index (χ0) is 18.3. The highest BCUT2D eigenvalue weighted by molar-refractivity contribution is 7.98. The maximum Gasteiger partial charge on any atom is 0.335 e. The molecular weight excluding hydrogens is 352 g/mol. The molecule has 0 aliphatic carbocycles. The number of nitrogens with one attached hydrogen (secondary N) is 2. The van der Waals surface area contributed by atoms with Gasteiger partial charge in [0.15, 0.2) is 0 Å². The van der Waals surface area contributed by atoms with E-state index in [9.17, 15) is 9.59 Å². The van der Waals surface area contributed by atoms with Crippen molar-refractivity contribution in [3.8, 4) is 11.3 Å². The monoisotopic (exact) mass is 367 g/mol. The summed E-state index contributed by atoms with van der Waals surface area (Å²) in [5.74, 6) is -0.981. The predicted octanol–water partition coefficient (Wildman–Crippen LogP) is 2.12. The van der Waals surface area contributed by atoms with Gasteiger partial charge < -0.3 is 10.4 Å². The SMILES string of the molecule is CSc1n[n+]2c(c(=O)[nH]1)-c1ccccc1N[C@@H]2c1ccc(C(=O)O)cc1. The van der Waals surface area contributed by atoms with Crippen LogP contribution in [-0.4, -0.2) is 27.4 Å². The molecule has 1 aliphatic rings. The summed E-state index contributed by atoms with van der Waals surface area (Å²) in [5.41, 5.74) is 2.85. The summed E-state index contributed by atoms with van der Waals surface area (Å²) < 4.78 is 1.66. The molecule has 0 fully saturated rings. The van der Waals surface area contributed by atoms with Crippen LogP contribution in [0.25, 0.3) is 11.3 Å². The van der Waals surface area contributed by atoms with Crippen molar-refractivity contribution in [1.29, 1.82) is 0 Å². The van der Waals surface area contributed by atoms with E-state index in [0.29, 0.717) is 10.9 Å². The number of para-hydroxylation sites is 1. The molecule has 0 saturated heterocycles. The molecule has 0 amide bonds. The van der Waals surface area contributed by atoms with E-state index in [-0.39, 0.29) is 11.1 Å². The number of hydrogen-bond acceptors (Lipinski definition) is 5. The summed E-state index contributed by atoms with van der Waals surface area (Å²) in [7, 11) is 0. The van der Waals surface area contributed by atoms with Crippen molar-refractivity contribution < 1.29 is 14.6 Å². The second kappa shape index (κ2) is 6.30. The first-order valence-corrected chi connectivity index (χ1v) is 9.10. The van der Waals surface area contributed by atoms with E-state index in [2.05, 4.69) is 15.4 Å². The summed E-state index contributed by atoms with van der Waals surface area (Å²) in [6.45, 7) is 0. The summed E-state index contributed by atoms with van der Waals surface area (Å²) >= 11 is 1.35. The highest BCUT2D eigenvalue weighted by Crippen LogP contribution is 2.31. The Morgan fingerprint density at radius 1 is 1.19 bits per heavy atom. The summed E-state index contributed by atoms with van der Waals surface area (Å²) in [6, 6.07) is 14.1.